The molecule has 1 heterocycles. The van der Waals surface area contributed by atoms with Crippen molar-refractivity contribution < 1.29 is 14.3 Å². The molecule has 0 fully saturated rings. The lowest BCUT2D eigenvalue weighted by atomic mass is 10.1. The van der Waals surface area contributed by atoms with Crippen molar-refractivity contribution in [1.82, 2.24) is 5.32 Å². The largest absolute Gasteiger partial charge is 0.490 e. The van der Waals surface area contributed by atoms with Crippen LogP contribution in [0.2, 0.25) is 0 Å². The third-order valence-corrected chi connectivity index (χ3v) is 4.39. The number of benzene rings is 1. The predicted octanol–water partition coefficient (Wildman–Crippen LogP) is 3.83. The molecule has 2 rings (SSSR count). The van der Waals surface area contributed by atoms with Crippen LogP contribution < -0.4 is 14.8 Å². The SMILES string of the molecule is CCOc1ccc(CCNC(=O)c2sccc2C)cc1OCC. The van der Waals surface area contributed by atoms with Crippen molar-refractivity contribution in [2.75, 3.05) is 19.8 Å². The smallest absolute Gasteiger partial charge is 0.261 e. The number of ether oxygens (including phenoxy) is 2. The maximum Gasteiger partial charge on any atom is 0.261 e. The van der Waals surface area contributed by atoms with Gasteiger partial charge in [-0.25, -0.2) is 0 Å². The van der Waals surface area contributed by atoms with Gasteiger partial charge < -0.3 is 14.8 Å². The number of nitrogens with one attached hydrogen (secondary N) is 1. The topological polar surface area (TPSA) is 47.6 Å². The van der Waals surface area contributed by atoms with E-state index in [0.717, 1.165) is 33.9 Å². The molecule has 1 aromatic carbocycles. The van der Waals surface area contributed by atoms with Gasteiger partial charge in [0.1, 0.15) is 0 Å². The maximum atomic E-state index is 12.1. The molecule has 1 aromatic heterocycles. The lowest BCUT2D eigenvalue weighted by Crippen LogP contribution is -2.25. The van der Waals surface area contributed by atoms with E-state index < -0.39 is 0 Å². The van der Waals surface area contributed by atoms with Crippen LogP contribution in [0.1, 0.15) is 34.6 Å². The van der Waals surface area contributed by atoms with E-state index in [-0.39, 0.29) is 5.91 Å². The Bertz CT molecular complexity index is 651. The van der Waals surface area contributed by atoms with Crippen LogP contribution in [0.25, 0.3) is 0 Å². The van der Waals surface area contributed by atoms with Crippen LogP contribution in [0.3, 0.4) is 0 Å². The minimum atomic E-state index is -0.00605. The van der Waals surface area contributed by atoms with Crippen LogP contribution in [-0.2, 0) is 6.42 Å². The van der Waals surface area contributed by atoms with Gasteiger partial charge in [-0.15, -0.1) is 11.3 Å². The number of aryl methyl sites for hydroxylation is 1. The molecule has 4 nitrogen and oxygen atoms in total. The monoisotopic (exact) mass is 333 g/mol. The second kappa shape index (κ2) is 8.58. The molecule has 0 aliphatic carbocycles. The summed E-state index contributed by atoms with van der Waals surface area (Å²) in [6.07, 6.45) is 0.753. The molecule has 0 saturated heterocycles. The number of amides is 1. The summed E-state index contributed by atoms with van der Waals surface area (Å²) in [4.78, 5) is 12.9. The lowest BCUT2D eigenvalue weighted by molar-refractivity contribution is 0.0957. The summed E-state index contributed by atoms with van der Waals surface area (Å²) in [7, 11) is 0. The Morgan fingerprint density at radius 3 is 2.52 bits per heavy atom. The summed E-state index contributed by atoms with van der Waals surface area (Å²) in [6.45, 7) is 7.65. The van der Waals surface area contributed by atoms with Gasteiger partial charge in [0, 0.05) is 6.54 Å². The van der Waals surface area contributed by atoms with Gasteiger partial charge in [0.2, 0.25) is 0 Å². The van der Waals surface area contributed by atoms with Gasteiger partial charge in [-0.2, -0.15) is 0 Å². The highest BCUT2D eigenvalue weighted by Gasteiger charge is 2.10. The molecular weight excluding hydrogens is 310 g/mol. The highest BCUT2D eigenvalue weighted by atomic mass is 32.1. The fourth-order valence-corrected chi connectivity index (χ4v) is 3.10. The Morgan fingerprint density at radius 2 is 1.87 bits per heavy atom. The molecule has 0 atom stereocenters. The summed E-state index contributed by atoms with van der Waals surface area (Å²) in [6, 6.07) is 7.88. The first-order valence-corrected chi connectivity index (χ1v) is 8.74. The summed E-state index contributed by atoms with van der Waals surface area (Å²) in [5.41, 5.74) is 2.13. The van der Waals surface area contributed by atoms with Crippen molar-refractivity contribution in [3.05, 3.63) is 45.6 Å². The molecule has 0 saturated carbocycles. The van der Waals surface area contributed by atoms with E-state index in [0.29, 0.717) is 19.8 Å². The number of thiophene rings is 1. The second-order valence-corrected chi connectivity index (χ2v) is 6.00. The lowest BCUT2D eigenvalue weighted by Gasteiger charge is -2.12. The van der Waals surface area contributed by atoms with Crippen molar-refractivity contribution in [1.29, 1.82) is 0 Å². The molecule has 2 aromatic rings. The van der Waals surface area contributed by atoms with Crippen LogP contribution in [-0.4, -0.2) is 25.7 Å². The number of hydrogen-bond donors (Lipinski definition) is 1. The predicted molar refractivity (Wildman–Crippen MR) is 93.9 cm³/mol. The Hall–Kier alpha value is -2.01. The minimum absolute atomic E-state index is 0.00605. The standard InChI is InChI=1S/C18H23NO3S/c1-4-21-15-7-6-14(12-16(15)22-5-2)8-10-19-18(20)17-13(3)9-11-23-17/h6-7,9,11-12H,4-5,8,10H2,1-3H3,(H,19,20). The first-order valence-electron chi connectivity index (χ1n) is 7.86. The molecule has 5 heteroatoms. The number of hydrogen-bond acceptors (Lipinski definition) is 4. The zero-order valence-corrected chi connectivity index (χ0v) is 14.7. The van der Waals surface area contributed by atoms with Crippen LogP contribution in [0.5, 0.6) is 11.5 Å². The van der Waals surface area contributed by atoms with E-state index in [1.54, 1.807) is 0 Å². The van der Waals surface area contributed by atoms with Crippen molar-refractivity contribution in [2.45, 2.75) is 27.2 Å². The highest BCUT2D eigenvalue weighted by Crippen LogP contribution is 2.28. The van der Waals surface area contributed by atoms with E-state index >= 15 is 0 Å². The summed E-state index contributed by atoms with van der Waals surface area (Å²) in [5, 5.41) is 4.90. The fourth-order valence-electron chi connectivity index (χ4n) is 2.26. The van der Waals surface area contributed by atoms with Crippen molar-refractivity contribution >= 4 is 17.2 Å². The summed E-state index contributed by atoms with van der Waals surface area (Å²) in [5.74, 6) is 1.51. The average molecular weight is 333 g/mol. The Balaban J connectivity index is 1.94. The first-order chi connectivity index (χ1) is 11.2. The van der Waals surface area contributed by atoms with Gasteiger partial charge in [-0.05, 0) is 61.9 Å². The highest BCUT2D eigenvalue weighted by molar-refractivity contribution is 7.12. The molecule has 0 spiro atoms. The van der Waals surface area contributed by atoms with Gasteiger partial charge in [-0.3, -0.25) is 4.79 Å². The first kappa shape index (κ1) is 17.3. The van der Waals surface area contributed by atoms with Crippen molar-refractivity contribution in [3.63, 3.8) is 0 Å². The van der Waals surface area contributed by atoms with Gasteiger partial charge in [0.25, 0.3) is 5.91 Å². The van der Waals surface area contributed by atoms with Crippen LogP contribution >= 0.6 is 11.3 Å². The van der Waals surface area contributed by atoms with Gasteiger partial charge >= 0.3 is 0 Å². The number of carbonyl (C=O) groups excluding carboxylic acids is 1. The normalized spacial score (nSPS) is 10.4. The molecule has 1 amide bonds. The van der Waals surface area contributed by atoms with E-state index in [4.69, 9.17) is 9.47 Å². The molecule has 0 radical (unpaired) electrons. The third-order valence-electron chi connectivity index (χ3n) is 3.38. The molecule has 0 unspecified atom stereocenters. The fraction of sp³-hybridized carbons (Fsp3) is 0.389. The van der Waals surface area contributed by atoms with Gasteiger partial charge in [0.05, 0.1) is 18.1 Å². The maximum absolute atomic E-state index is 12.1. The number of carbonyl (C=O) groups is 1. The molecule has 1 N–H and O–H groups in total. The second-order valence-electron chi connectivity index (χ2n) is 5.09. The Labute approximate surface area is 141 Å². The van der Waals surface area contributed by atoms with Crippen LogP contribution in [0.15, 0.2) is 29.6 Å². The average Bonchev–Trinajstić information content (AvgIpc) is 2.96. The van der Waals surface area contributed by atoms with Gasteiger partial charge in [0.15, 0.2) is 11.5 Å². The van der Waals surface area contributed by atoms with E-state index in [2.05, 4.69) is 5.32 Å². The molecule has 23 heavy (non-hydrogen) atoms. The molecule has 0 bridgehead atoms. The molecular formula is C18H23NO3S. The van der Waals surface area contributed by atoms with Crippen LogP contribution in [0, 0.1) is 6.92 Å². The van der Waals surface area contributed by atoms with Crippen molar-refractivity contribution in [2.24, 2.45) is 0 Å². The Kier molecular flexibility index (Phi) is 6.47. The Morgan fingerprint density at radius 1 is 1.13 bits per heavy atom. The van der Waals surface area contributed by atoms with E-state index in [1.165, 1.54) is 11.3 Å². The van der Waals surface area contributed by atoms with E-state index in [1.807, 2.05) is 50.4 Å². The van der Waals surface area contributed by atoms with Crippen LogP contribution in [0.4, 0.5) is 0 Å². The zero-order chi connectivity index (χ0) is 16.7. The zero-order valence-electron chi connectivity index (χ0n) is 13.8. The molecule has 0 aliphatic rings. The number of rotatable bonds is 8. The molecule has 0 aliphatic heterocycles. The summed E-state index contributed by atoms with van der Waals surface area (Å²) < 4.78 is 11.2. The summed E-state index contributed by atoms with van der Waals surface area (Å²) >= 11 is 1.47. The third kappa shape index (κ3) is 4.73. The van der Waals surface area contributed by atoms with Gasteiger partial charge in [-0.1, -0.05) is 6.07 Å². The quantitative estimate of drug-likeness (QED) is 0.799. The minimum Gasteiger partial charge on any atom is -0.490 e. The van der Waals surface area contributed by atoms with Crippen molar-refractivity contribution in [3.8, 4) is 11.5 Å². The molecule has 124 valence electrons. The van der Waals surface area contributed by atoms with E-state index in [9.17, 15) is 4.79 Å².